The van der Waals surface area contributed by atoms with Crippen LogP contribution in [0.2, 0.25) is 0 Å². The minimum Gasteiger partial charge on any atom is -0.505 e. The second-order valence-electron chi connectivity index (χ2n) is 4.29. The van der Waals surface area contributed by atoms with Gasteiger partial charge in [0, 0.05) is 11.8 Å². The van der Waals surface area contributed by atoms with Gasteiger partial charge in [0.2, 0.25) is 0 Å². The number of halogens is 1. The van der Waals surface area contributed by atoms with E-state index in [0.29, 0.717) is 12.4 Å². The van der Waals surface area contributed by atoms with Gasteiger partial charge in [-0.25, -0.2) is 4.39 Å². The predicted molar refractivity (Wildman–Crippen MR) is 65.2 cm³/mol. The van der Waals surface area contributed by atoms with E-state index in [-0.39, 0.29) is 11.3 Å². The number of nitrogens with zero attached hydrogens (tertiary/aromatic N) is 1. The first kappa shape index (κ1) is 11.1. The van der Waals surface area contributed by atoms with Gasteiger partial charge >= 0.3 is 0 Å². The summed E-state index contributed by atoms with van der Waals surface area (Å²) >= 11 is 5.19. The predicted octanol–water partition coefficient (Wildman–Crippen LogP) is 2.00. The summed E-state index contributed by atoms with van der Waals surface area (Å²) in [4.78, 5) is 2.69. The van der Waals surface area contributed by atoms with E-state index in [1.54, 1.807) is 6.07 Å². The van der Waals surface area contributed by atoms with Gasteiger partial charge in [0.15, 0.2) is 11.6 Å². The molecule has 1 aliphatic heterocycles. The van der Waals surface area contributed by atoms with Crippen molar-refractivity contribution in [2.45, 2.75) is 19.4 Å². The Bertz CT molecular complexity index is 448. The quantitative estimate of drug-likeness (QED) is 0.736. The van der Waals surface area contributed by atoms with E-state index < -0.39 is 5.82 Å². The van der Waals surface area contributed by atoms with Crippen molar-refractivity contribution >= 4 is 22.9 Å². The second-order valence-corrected chi connectivity index (χ2v) is 4.70. The highest BCUT2D eigenvalue weighted by atomic mass is 32.1. The van der Waals surface area contributed by atoms with Crippen LogP contribution in [0, 0.1) is 5.82 Å². The third kappa shape index (κ3) is 1.61. The molecule has 0 saturated carbocycles. The van der Waals surface area contributed by atoms with Crippen LogP contribution < -0.4 is 10.2 Å². The fourth-order valence-corrected chi connectivity index (χ4v) is 1.94. The van der Waals surface area contributed by atoms with Gasteiger partial charge in [0.05, 0.1) is 12.2 Å². The van der Waals surface area contributed by atoms with Crippen molar-refractivity contribution in [3.63, 3.8) is 0 Å². The number of hydrogen-bond acceptors (Lipinski definition) is 3. The van der Waals surface area contributed by atoms with Crippen LogP contribution in [0.1, 0.15) is 13.8 Å². The Morgan fingerprint density at radius 1 is 1.50 bits per heavy atom. The topological polar surface area (TPSA) is 35.5 Å². The molecule has 0 radical (unpaired) electrons. The number of aromatic hydroxyl groups is 1. The molecule has 3 nitrogen and oxygen atoms in total. The van der Waals surface area contributed by atoms with E-state index in [1.165, 1.54) is 12.1 Å². The Balaban J connectivity index is 2.38. The van der Waals surface area contributed by atoms with Crippen LogP contribution in [0.3, 0.4) is 0 Å². The summed E-state index contributed by atoms with van der Waals surface area (Å²) in [5.41, 5.74) is 0.367. The molecule has 86 valence electrons. The summed E-state index contributed by atoms with van der Waals surface area (Å²) in [5, 5.41) is 12.2. The number of anilines is 1. The van der Waals surface area contributed by atoms with Crippen LogP contribution in [0.4, 0.5) is 10.1 Å². The number of rotatable bonds is 1. The van der Waals surface area contributed by atoms with Gasteiger partial charge in [-0.2, -0.15) is 0 Å². The van der Waals surface area contributed by atoms with Crippen LogP contribution in [0.5, 0.6) is 5.75 Å². The Morgan fingerprint density at radius 2 is 2.19 bits per heavy atom. The molecule has 0 unspecified atom stereocenters. The average Bonchev–Trinajstić information content (AvgIpc) is 2.47. The lowest BCUT2D eigenvalue weighted by Gasteiger charge is -2.31. The molecule has 1 aliphatic rings. The maximum absolute atomic E-state index is 13.3. The van der Waals surface area contributed by atoms with Gasteiger partial charge < -0.3 is 15.3 Å². The number of thiocarbonyl (C=S) groups is 1. The molecule has 0 atom stereocenters. The Hall–Kier alpha value is -1.36. The third-order valence-corrected chi connectivity index (χ3v) is 3.52. The first-order valence-corrected chi connectivity index (χ1v) is 5.38. The van der Waals surface area contributed by atoms with Crippen molar-refractivity contribution in [1.82, 2.24) is 5.32 Å². The lowest BCUT2D eigenvalue weighted by molar-refractivity contribution is 0.432. The van der Waals surface area contributed by atoms with Crippen LogP contribution in [-0.4, -0.2) is 22.3 Å². The lowest BCUT2D eigenvalue weighted by Crippen LogP contribution is -2.42. The van der Waals surface area contributed by atoms with Gasteiger partial charge in [0.1, 0.15) is 4.99 Å². The Labute approximate surface area is 98.9 Å². The summed E-state index contributed by atoms with van der Waals surface area (Å²) in [6.45, 7) is 4.50. The molecular weight excluding hydrogens is 227 g/mol. The van der Waals surface area contributed by atoms with Crippen LogP contribution in [-0.2, 0) is 0 Å². The van der Waals surface area contributed by atoms with Gasteiger partial charge in [-0.15, -0.1) is 0 Å². The van der Waals surface area contributed by atoms with Crippen LogP contribution in [0.25, 0.3) is 0 Å². The summed E-state index contributed by atoms with van der Waals surface area (Å²) in [7, 11) is 0. The average molecular weight is 240 g/mol. The highest BCUT2D eigenvalue weighted by Crippen LogP contribution is 2.30. The number of hydrogen-bond donors (Lipinski definition) is 2. The number of phenolic OH excluding ortho intramolecular Hbond substituents is 1. The molecule has 1 saturated heterocycles. The minimum absolute atomic E-state index is 0.335. The zero-order chi connectivity index (χ0) is 11.9. The standard InChI is InChI=1S/C11H13FN2OS/c1-11(2)10(16)13-6-14(11)7-3-4-9(15)8(12)5-7/h3-5,15H,6H2,1-2H3,(H,13,16). The largest absolute Gasteiger partial charge is 0.505 e. The minimum atomic E-state index is -0.619. The van der Waals surface area contributed by atoms with Crippen molar-refractivity contribution < 1.29 is 9.50 Å². The molecule has 0 bridgehead atoms. The maximum atomic E-state index is 13.3. The zero-order valence-corrected chi connectivity index (χ0v) is 9.94. The van der Waals surface area contributed by atoms with E-state index in [4.69, 9.17) is 17.3 Å². The molecule has 0 aliphatic carbocycles. The SMILES string of the molecule is CC1(C)C(=S)NCN1c1ccc(O)c(F)c1. The molecule has 1 heterocycles. The van der Waals surface area contributed by atoms with Gasteiger partial charge in [-0.3, -0.25) is 0 Å². The summed E-state index contributed by atoms with van der Waals surface area (Å²) in [6.07, 6.45) is 0. The maximum Gasteiger partial charge on any atom is 0.166 e. The molecule has 0 aromatic heterocycles. The van der Waals surface area contributed by atoms with Gasteiger partial charge in [-0.05, 0) is 26.0 Å². The summed E-state index contributed by atoms with van der Waals surface area (Å²) < 4.78 is 13.3. The van der Waals surface area contributed by atoms with Crippen molar-refractivity contribution in [2.24, 2.45) is 0 Å². The summed E-state index contributed by atoms with van der Waals surface area (Å²) in [6, 6.07) is 4.34. The second kappa shape index (κ2) is 3.59. The van der Waals surface area contributed by atoms with Crippen molar-refractivity contribution in [3.05, 3.63) is 24.0 Å². The molecule has 0 amide bonds. The highest BCUT2D eigenvalue weighted by molar-refractivity contribution is 7.80. The molecule has 1 fully saturated rings. The van der Waals surface area contributed by atoms with Gasteiger partial charge in [0.25, 0.3) is 0 Å². The van der Waals surface area contributed by atoms with Crippen LogP contribution in [0.15, 0.2) is 18.2 Å². The first-order valence-electron chi connectivity index (χ1n) is 4.97. The number of phenols is 1. The fraction of sp³-hybridized carbons (Fsp3) is 0.364. The van der Waals surface area contributed by atoms with Crippen LogP contribution >= 0.6 is 12.2 Å². The van der Waals surface area contributed by atoms with Gasteiger partial charge in [-0.1, -0.05) is 12.2 Å². The molecule has 5 heteroatoms. The zero-order valence-electron chi connectivity index (χ0n) is 9.12. The fourth-order valence-electron chi connectivity index (χ4n) is 1.77. The number of nitrogens with one attached hydrogen (secondary N) is 1. The van der Waals surface area contributed by atoms with Crippen molar-refractivity contribution in [1.29, 1.82) is 0 Å². The van der Waals surface area contributed by atoms with E-state index in [0.717, 1.165) is 4.99 Å². The lowest BCUT2D eigenvalue weighted by atomic mass is 10.0. The summed E-state index contributed by atoms with van der Waals surface area (Å²) in [5.74, 6) is -0.956. The third-order valence-electron chi connectivity index (χ3n) is 2.87. The molecule has 16 heavy (non-hydrogen) atoms. The van der Waals surface area contributed by atoms with E-state index >= 15 is 0 Å². The Kier molecular flexibility index (Phi) is 2.50. The monoisotopic (exact) mass is 240 g/mol. The van der Waals surface area contributed by atoms with E-state index in [2.05, 4.69) is 5.32 Å². The molecule has 1 aromatic carbocycles. The normalized spacial score (nSPS) is 18.7. The molecule has 2 rings (SSSR count). The first-order chi connectivity index (χ1) is 7.43. The highest BCUT2D eigenvalue weighted by Gasteiger charge is 2.37. The molecule has 1 aromatic rings. The molecule has 2 N–H and O–H groups in total. The van der Waals surface area contributed by atoms with E-state index in [1.807, 2.05) is 18.7 Å². The molecule has 0 spiro atoms. The molecular formula is C11H13FN2OS. The smallest absolute Gasteiger partial charge is 0.166 e. The Morgan fingerprint density at radius 3 is 2.69 bits per heavy atom. The number of benzene rings is 1. The van der Waals surface area contributed by atoms with Crippen molar-refractivity contribution in [2.75, 3.05) is 11.6 Å². The van der Waals surface area contributed by atoms with Crippen molar-refractivity contribution in [3.8, 4) is 5.75 Å². The van der Waals surface area contributed by atoms with E-state index in [9.17, 15) is 4.39 Å².